The van der Waals surface area contributed by atoms with E-state index in [0.717, 1.165) is 0 Å². The van der Waals surface area contributed by atoms with Gasteiger partial charge >= 0.3 is 0 Å². The monoisotopic (exact) mass is 276 g/mol. The fraction of sp³-hybridized carbons (Fsp3) is 0.222. The minimum absolute atomic E-state index is 0.192. The lowest BCUT2D eigenvalue weighted by Crippen LogP contribution is -2.23. The normalized spacial score (nSPS) is 9.93. The molecule has 0 bridgehead atoms. The summed E-state index contributed by atoms with van der Waals surface area (Å²) in [5, 5.41) is 3.16. The Labute approximate surface area is 95.7 Å². The first-order chi connectivity index (χ1) is 6.56. The van der Waals surface area contributed by atoms with Crippen LogP contribution >= 0.6 is 27.5 Å². The number of hydrogen-bond donors (Lipinski definition) is 2. The third kappa shape index (κ3) is 2.39. The summed E-state index contributed by atoms with van der Waals surface area (Å²) in [6.07, 6.45) is 0. The van der Waals surface area contributed by atoms with Gasteiger partial charge in [-0.25, -0.2) is 0 Å². The van der Waals surface area contributed by atoms with E-state index in [-0.39, 0.29) is 5.91 Å². The van der Waals surface area contributed by atoms with Crippen LogP contribution in [0.3, 0.4) is 0 Å². The van der Waals surface area contributed by atoms with Crippen LogP contribution in [0.25, 0.3) is 0 Å². The molecule has 0 saturated carbocycles. The summed E-state index contributed by atoms with van der Waals surface area (Å²) in [5.41, 5.74) is 6.47. The Kier molecular flexibility index (Phi) is 3.77. The van der Waals surface area contributed by atoms with Gasteiger partial charge in [-0.15, -0.1) is 0 Å². The van der Waals surface area contributed by atoms with Crippen molar-refractivity contribution in [2.75, 3.05) is 12.3 Å². The SMILES string of the molecule is CCNC(=O)c1cc(Br)c(Cl)cc1N. The zero-order valence-electron chi connectivity index (χ0n) is 7.60. The zero-order valence-corrected chi connectivity index (χ0v) is 9.95. The molecule has 1 aromatic carbocycles. The van der Waals surface area contributed by atoms with Gasteiger partial charge in [0, 0.05) is 16.7 Å². The van der Waals surface area contributed by atoms with Gasteiger partial charge in [0.15, 0.2) is 0 Å². The summed E-state index contributed by atoms with van der Waals surface area (Å²) < 4.78 is 0.662. The molecule has 3 nitrogen and oxygen atoms in total. The second-order valence-corrected chi connectivity index (χ2v) is 3.97. The molecule has 0 radical (unpaired) electrons. The number of rotatable bonds is 2. The Morgan fingerprint density at radius 1 is 1.64 bits per heavy atom. The molecule has 14 heavy (non-hydrogen) atoms. The van der Waals surface area contributed by atoms with Crippen molar-refractivity contribution in [3.8, 4) is 0 Å². The molecule has 0 aliphatic rings. The fourth-order valence-electron chi connectivity index (χ4n) is 1.01. The van der Waals surface area contributed by atoms with E-state index in [1.807, 2.05) is 6.92 Å². The van der Waals surface area contributed by atoms with Crippen LogP contribution in [0.2, 0.25) is 5.02 Å². The van der Waals surface area contributed by atoms with Crippen LogP contribution in [-0.2, 0) is 0 Å². The predicted molar refractivity (Wildman–Crippen MR) is 61.6 cm³/mol. The highest BCUT2D eigenvalue weighted by atomic mass is 79.9. The molecule has 3 N–H and O–H groups in total. The average Bonchev–Trinajstić information content (AvgIpc) is 2.11. The summed E-state index contributed by atoms with van der Waals surface area (Å²) >= 11 is 9.04. The van der Waals surface area contributed by atoms with Crippen molar-refractivity contribution in [1.82, 2.24) is 5.32 Å². The molecule has 1 rings (SSSR count). The van der Waals surface area contributed by atoms with E-state index >= 15 is 0 Å². The fourth-order valence-corrected chi connectivity index (χ4v) is 1.53. The van der Waals surface area contributed by atoms with E-state index in [1.165, 1.54) is 0 Å². The molecular weight excluding hydrogens is 267 g/mol. The minimum atomic E-state index is -0.192. The maximum absolute atomic E-state index is 11.5. The highest BCUT2D eigenvalue weighted by Gasteiger charge is 2.11. The zero-order chi connectivity index (χ0) is 10.7. The highest BCUT2D eigenvalue weighted by molar-refractivity contribution is 9.10. The third-order valence-electron chi connectivity index (χ3n) is 1.67. The van der Waals surface area contributed by atoms with Crippen molar-refractivity contribution < 1.29 is 4.79 Å². The Bertz CT molecular complexity index is 368. The van der Waals surface area contributed by atoms with Crippen molar-refractivity contribution in [3.63, 3.8) is 0 Å². The summed E-state index contributed by atoms with van der Waals surface area (Å²) in [6.45, 7) is 2.41. The molecule has 0 heterocycles. The van der Waals surface area contributed by atoms with E-state index in [1.54, 1.807) is 12.1 Å². The Morgan fingerprint density at radius 2 is 2.29 bits per heavy atom. The van der Waals surface area contributed by atoms with Gasteiger partial charge in [0.25, 0.3) is 5.91 Å². The van der Waals surface area contributed by atoms with Crippen LogP contribution in [0.4, 0.5) is 5.69 Å². The van der Waals surface area contributed by atoms with Crippen molar-refractivity contribution in [1.29, 1.82) is 0 Å². The number of halogens is 2. The molecule has 0 aliphatic carbocycles. The molecule has 5 heteroatoms. The maximum Gasteiger partial charge on any atom is 0.253 e. The molecule has 0 aromatic heterocycles. The number of carbonyl (C=O) groups excluding carboxylic acids is 1. The molecule has 0 spiro atoms. The van der Waals surface area contributed by atoms with Gasteiger partial charge < -0.3 is 11.1 Å². The van der Waals surface area contributed by atoms with Crippen molar-refractivity contribution in [3.05, 3.63) is 27.2 Å². The highest BCUT2D eigenvalue weighted by Crippen LogP contribution is 2.27. The molecule has 1 aromatic rings. The van der Waals surface area contributed by atoms with Crippen LogP contribution < -0.4 is 11.1 Å². The lowest BCUT2D eigenvalue weighted by Gasteiger charge is -2.07. The number of benzene rings is 1. The summed E-state index contributed by atoms with van der Waals surface area (Å²) in [5.74, 6) is -0.192. The van der Waals surface area contributed by atoms with E-state index in [2.05, 4.69) is 21.2 Å². The van der Waals surface area contributed by atoms with Gasteiger partial charge in [-0.2, -0.15) is 0 Å². The number of anilines is 1. The summed E-state index contributed by atoms with van der Waals surface area (Å²) in [7, 11) is 0. The van der Waals surface area contributed by atoms with Crippen LogP contribution in [0, 0.1) is 0 Å². The summed E-state index contributed by atoms with van der Waals surface area (Å²) in [6, 6.07) is 3.17. The number of nitrogen functional groups attached to an aromatic ring is 1. The Hall–Kier alpha value is -0.740. The lowest BCUT2D eigenvalue weighted by atomic mass is 10.1. The number of hydrogen-bond acceptors (Lipinski definition) is 2. The minimum Gasteiger partial charge on any atom is -0.398 e. The molecule has 1 amide bonds. The quantitative estimate of drug-likeness (QED) is 0.816. The van der Waals surface area contributed by atoms with Crippen LogP contribution in [-0.4, -0.2) is 12.5 Å². The van der Waals surface area contributed by atoms with Gasteiger partial charge in [-0.1, -0.05) is 11.6 Å². The van der Waals surface area contributed by atoms with Crippen LogP contribution in [0.1, 0.15) is 17.3 Å². The van der Waals surface area contributed by atoms with Crippen molar-refractivity contribution in [2.45, 2.75) is 6.92 Å². The van der Waals surface area contributed by atoms with Crippen LogP contribution in [0.15, 0.2) is 16.6 Å². The third-order valence-corrected chi connectivity index (χ3v) is 2.87. The first kappa shape index (κ1) is 11.3. The van der Waals surface area contributed by atoms with Gasteiger partial charge in [-0.3, -0.25) is 4.79 Å². The number of nitrogens with two attached hydrogens (primary N) is 1. The molecule has 0 aliphatic heterocycles. The first-order valence-electron chi connectivity index (χ1n) is 4.09. The molecule has 0 atom stereocenters. The van der Waals surface area contributed by atoms with Gasteiger partial charge in [0.2, 0.25) is 0 Å². The van der Waals surface area contributed by atoms with Crippen molar-refractivity contribution in [2.24, 2.45) is 0 Å². The standard InChI is InChI=1S/C9H10BrClN2O/c1-2-13-9(14)5-3-6(10)7(11)4-8(5)12/h3-4H,2,12H2,1H3,(H,13,14). The number of carbonyl (C=O) groups is 1. The van der Waals surface area contributed by atoms with Gasteiger partial charge in [-0.05, 0) is 35.0 Å². The molecule has 76 valence electrons. The van der Waals surface area contributed by atoms with Gasteiger partial charge in [0.05, 0.1) is 10.6 Å². The van der Waals surface area contributed by atoms with Crippen LogP contribution in [0.5, 0.6) is 0 Å². The number of nitrogens with one attached hydrogen (secondary N) is 1. The topological polar surface area (TPSA) is 55.1 Å². The second kappa shape index (κ2) is 4.66. The van der Waals surface area contributed by atoms with E-state index in [4.69, 9.17) is 17.3 Å². The smallest absolute Gasteiger partial charge is 0.253 e. The van der Waals surface area contributed by atoms with E-state index in [9.17, 15) is 4.79 Å². The first-order valence-corrected chi connectivity index (χ1v) is 5.26. The summed E-state index contributed by atoms with van der Waals surface area (Å²) in [4.78, 5) is 11.5. The molecule has 0 fully saturated rings. The lowest BCUT2D eigenvalue weighted by molar-refractivity contribution is 0.0956. The molecule has 0 saturated heterocycles. The Balaban J connectivity index is 3.09. The molecule has 0 unspecified atom stereocenters. The maximum atomic E-state index is 11.5. The second-order valence-electron chi connectivity index (χ2n) is 2.71. The van der Waals surface area contributed by atoms with E-state index < -0.39 is 0 Å². The number of amides is 1. The molecular formula is C9H10BrClN2O. The van der Waals surface area contributed by atoms with Crippen molar-refractivity contribution >= 4 is 39.1 Å². The Morgan fingerprint density at radius 3 is 2.86 bits per heavy atom. The average molecular weight is 278 g/mol. The van der Waals surface area contributed by atoms with E-state index in [0.29, 0.717) is 27.3 Å². The predicted octanol–water partition coefficient (Wildman–Crippen LogP) is 2.43. The largest absolute Gasteiger partial charge is 0.398 e. The van der Waals surface area contributed by atoms with Gasteiger partial charge in [0.1, 0.15) is 0 Å².